The number of rotatable bonds is 3. The second kappa shape index (κ2) is 4.33. The van der Waals surface area contributed by atoms with E-state index in [-0.39, 0.29) is 0 Å². The molecule has 1 aromatic heterocycles. The molecule has 0 aliphatic rings. The molecule has 1 unspecified atom stereocenters. The summed E-state index contributed by atoms with van der Waals surface area (Å²) < 4.78 is 0. The third-order valence-electron chi connectivity index (χ3n) is 2.27. The van der Waals surface area contributed by atoms with E-state index in [1.807, 2.05) is 20.9 Å². The second-order valence-electron chi connectivity index (χ2n) is 3.28. The van der Waals surface area contributed by atoms with Gasteiger partial charge < -0.3 is 5.32 Å². The molecule has 0 radical (unpaired) electrons. The lowest BCUT2D eigenvalue weighted by Gasteiger charge is -2.15. The lowest BCUT2D eigenvalue weighted by Crippen LogP contribution is -2.17. The summed E-state index contributed by atoms with van der Waals surface area (Å²) in [5, 5.41) is 11.4. The first kappa shape index (κ1) is 10.1. The smallest absolute Gasteiger partial charge is 0.0648 e. The molecule has 0 aliphatic carbocycles. The van der Waals surface area contributed by atoms with Gasteiger partial charge in [0.05, 0.1) is 11.4 Å². The lowest BCUT2D eigenvalue weighted by molar-refractivity contribution is 0.567. The van der Waals surface area contributed by atoms with Crippen molar-refractivity contribution in [1.82, 2.24) is 15.5 Å². The van der Waals surface area contributed by atoms with E-state index in [0.717, 1.165) is 17.8 Å². The van der Waals surface area contributed by atoms with E-state index in [0.29, 0.717) is 6.04 Å². The van der Waals surface area contributed by atoms with Gasteiger partial charge >= 0.3 is 0 Å². The highest BCUT2D eigenvalue weighted by atomic mass is 15.1. The first-order chi connectivity index (χ1) is 6.19. The van der Waals surface area contributed by atoms with E-state index < -0.39 is 0 Å². The Morgan fingerprint density at radius 2 is 2.08 bits per heavy atom. The maximum atomic E-state index is 4.11. The highest BCUT2D eigenvalue weighted by Gasteiger charge is 2.10. The third kappa shape index (κ3) is 2.25. The van der Waals surface area contributed by atoms with Crippen LogP contribution in [0.15, 0.2) is 6.07 Å². The summed E-state index contributed by atoms with van der Waals surface area (Å²) >= 11 is 0. The van der Waals surface area contributed by atoms with E-state index in [4.69, 9.17) is 0 Å². The molecule has 0 fully saturated rings. The van der Waals surface area contributed by atoms with Crippen LogP contribution in [0.5, 0.6) is 0 Å². The van der Waals surface area contributed by atoms with Gasteiger partial charge in [-0.3, -0.25) is 0 Å². The van der Waals surface area contributed by atoms with Gasteiger partial charge in [-0.25, -0.2) is 0 Å². The van der Waals surface area contributed by atoms with Gasteiger partial charge in [-0.2, -0.15) is 10.2 Å². The van der Waals surface area contributed by atoms with E-state index in [2.05, 4.69) is 28.5 Å². The number of aryl methyl sites for hydroxylation is 2. The fraction of sp³-hybridized carbons (Fsp3) is 0.600. The summed E-state index contributed by atoms with van der Waals surface area (Å²) in [6, 6.07) is 2.50. The summed E-state index contributed by atoms with van der Waals surface area (Å²) in [5.74, 6) is 0. The van der Waals surface area contributed by atoms with E-state index >= 15 is 0 Å². The maximum Gasteiger partial charge on any atom is 0.0648 e. The molecule has 0 spiro atoms. The Morgan fingerprint density at radius 1 is 1.38 bits per heavy atom. The van der Waals surface area contributed by atoms with Crippen molar-refractivity contribution < 1.29 is 0 Å². The van der Waals surface area contributed by atoms with E-state index in [9.17, 15) is 0 Å². The van der Waals surface area contributed by atoms with Gasteiger partial charge in [0.25, 0.3) is 0 Å². The van der Waals surface area contributed by atoms with Crippen LogP contribution in [0.3, 0.4) is 0 Å². The van der Waals surface area contributed by atoms with Crippen molar-refractivity contribution in [3.8, 4) is 0 Å². The Labute approximate surface area is 79.6 Å². The third-order valence-corrected chi connectivity index (χ3v) is 2.27. The Balaban J connectivity index is 3.03. The van der Waals surface area contributed by atoms with Gasteiger partial charge in [0, 0.05) is 6.04 Å². The molecule has 1 atom stereocenters. The lowest BCUT2D eigenvalue weighted by atomic mass is 10.0. The highest BCUT2D eigenvalue weighted by Crippen LogP contribution is 2.18. The zero-order valence-electron chi connectivity index (χ0n) is 8.76. The Kier molecular flexibility index (Phi) is 3.37. The minimum atomic E-state index is 0.397. The summed E-state index contributed by atoms with van der Waals surface area (Å²) in [5.41, 5.74) is 3.26. The molecule has 0 saturated heterocycles. The second-order valence-corrected chi connectivity index (χ2v) is 3.28. The quantitative estimate of drug-likeness (QED) is 0.768. The number of hydrogen-bond donors (Lipinski definition) is 1. The number of aromatic nitrogens is 2. The normalized spacial score (nSPS) is 12.9. The molecule has 0 aliphatic heterocycles. The van der Waals surface area contributed by atoms with Crippen molar-refractivity contribution in [2.24, 2.45) is 0 Å². The topological polar surface area (TPSA) is 37.8 Å². The van der Waals surface area contributed by atoms with E-state index in [1.54, 1.807) is 0 Å². The number of hydrogen-bond acceptors (Lipinski definition) is 3. The van der Waals surface area contributed by atoms with Crippen LogP contribution < -0.4 is 5.32 Å². The first-order valence-corrected chi connectivity index (χ1v) is 4.67. The average molecular weight is 179 g/mol. The van der Waals surface area contributed by atoms with Gasteiger partial charge in [0.2, 0.25) is 0 Å². The van der Waals surface area contributed by atoms with Crippen molar-refractivity contribution in [2.75, 3.05) is 7.05 Å². The zero-order valence-corrected chi connectivity index (χ0v) is 8.76. The predicted octanol–water partition coefficient (Wildman–Crippen LogP) is 1.76. The molecule has 0 amide bonds. The van der Waals surface area contributed by atoms with Crippen LogP contribution in [0.2, 0.25) is 0 Å². The predicted molar refractivity (Wildman–Crippen MR) is 53.6 cm³/mol. The van der Waals surface area contributed by atoms with Crippen LogP contribution in [0.1, 0.15) is 36.3 Å². The molecular weight excluding hydrogens is 162 g/mol. The first-order valence-electron chi connectivity index (χ1n) is 4.67. The molecule has 3 heteroatoms. The molecule has 1 aromatic rings. The van der Waals surface area contributed by atoms with Crippen molar-refractivity contribution in [3.05, 3.63) is 23.0 Å². The Hall–Kier alpha value is -0.960. The number of nitrogens with one attached hydrogen (secondary N) is 1. The molecular formula is C10H17N3. The molecule has 0 aromatic carbocycles. The monoisotopic (exact) mass is 179 g/mol. The molecule has 0 saturated carbocycles. The minimum Gasteiger partial charge on any atom is -0.313 e. The fourth-order valence-corrected chi connectivity index (χ4v) is 1.50. The molecule has 13 heavy (non-hydrogen) atoms. The fourth-order valence-electron chi connectivity index (χ4n) is 1.50. The molecule has 1 heterocycles. The van der Waals surface area contributed by atoms with Crippen LogP contribution in [0.4, 0.5) is 0 Å². The van der Waals surface area contributed by atoms with E-state index in [1.165, 1.54) is 5.56 Å². The van der Waals surface area contributed by atoms with Gasteiger partial charge in [-0.15, -0.1) is 0 Å². The summed E-state index contributed by atoms with van der Waals surface area (Å²) in [7, 11) is 1.98. The van der Waals surface area contributed by atoms with Crippen LogP contribution in [0, 0.1) is 13.8 Å². The van der Waals surface area contributed by atoms with Crippen LogP contribution in [-0.2, 0) is 0 Å². The Bertz CT molecular complexity index is 279. The van der Waals surface area contributed by atoms with Gasteiger partial charge in [0.1, 0.15) is 0 Å². The van der Waals surface area contributed by atoms with Gasteiger partial charge in [-0.1, -0.05) is 6.92 Å². The molecule has 0 bridgehead atoms. The van der Waals surface area contributed by atoms with Crippen LogP contribution >= 0.6 is 0 Å². The minimum absolute atomic E-state index is 0.397. The van der Waals surface area contributed by atoms with Crippen molar-refractivity contribution in [1.29, 1.82) is 0 Å². The molecule has 1 rings (SSSR count). The Morgan fingerprint density at radius 3 is 2.62 bits per heavy atom. The van der Waals surface area contributed by atoms with Gasteiger partial charge in [0.15, 0.2) is 0 Å². The average Bonchev–Trinajstić information content (AvgIpc) is 2.13. The van der Waals surface area contributed by atoms with Crippen molar-refractivity contribution in [3.63, 3.8) is 0 Å². The van der Waals surface area contributed by atoms with Crippen molar-refractivity contribution >= 4 is 0 Å². The standard InChI is InChI=1S/C10H17N3/c1-5-10(11-4)9-6-7(2)12-13-8(9)3/h6,10-11H,5H2,1-4H3. The largest absolute Gasteiger partial charge is 0.313 e. The summed E-state index contributed by atoms with van der Waals surface area (Å²) in [6.45, 7) is 6.14. The number of nitrogens with zero attached hydrogens (tertiary/aromatic N) is 2. The molecule has 3 nitrogen and oxygen atoms in total. The highest BCUT2D eigenvalue weighted by molar-refractivity contribution is 5.23. The van der Waals surface area contributed by atoms with Gasteiger partial charge in [-0.05, 0) is 38.9 Å². The van der Waals surface area contributed by atoms with Crippen LogP contribution in [0.25, 0.3) is 0 Å². The maximum absolute atomic E-state index is 4.11. The molecule has 72 valence electrons. The zero-order chi connectivity index (χ0) is 9.84. The van der Waals surface area contributed by atoms with Crippen molar-refractivity contribution in [2.45, 2.75) is 33.2 Å². The van der Waals surface area contributed by atoms with Crippen LogP contribution in [-0.4, -0.2) is 17.2 Å². The summed E-state index contributed by atoms with van der Waals surface area (Å²) in [6.07, 6.45) is 1.07. The molecule has 1 N–H and O–H groups in total. The summed E-state index contributed by atoms with van der Waals surface area (Å²) in [4.78, 5) is 0. The SMILES string of the molecule is CCC(NC)c1cc(C)nnc1C.